The van der Waals surface area contributed by atoms with E-state index >= 15 is 0 Å². The van der Waals surface area contributed by atoms with Crippen molar-refractivity contribution in [1.82, 2.24) is 15.5 Å². The first-order valence-corrected chi connectivity index (χ1v) is 7.56. The topological polar surface area (TPSA) is 44.4 Å². The minimum Gasteiger partial charge on any atom is -0.356 e. The number of hydrogen-bond acceptors (Lipinski definition) is 3. The van der Waals surface area contributed by atoms with Gasteiger partial charge < -0.3 is 15.5 Å². The Balaban J connectivity index is 0.00000220. The summed E-state index contributed by atoms with van der Waals surface area (Å²) in [5, 5.41) is 6.97. The van der Waals surface area contributed by atoms with Crippen molar-refractivity contribution in [2.45, 2.75) is 12.8 Å². The van der Waals surface area contributed by atoms with Crippen LogP contribution in [0.2, 0.25) is 5.02 Å². The van der Waals surface area contributed by atoms with Gasteiger partial charge in [0.15, 0.2) is 0 Å². The van der Waals surface area contributed by atoms with Gasteiger partial charge in [-0.2, -0.15) is 0 Å². The van der Waals surface area contributed by atoms with Gasteiger partial charge in [-0.1, -0.05) is 23.7 Å². The number of hydrogen-bond donors (Lipinski definition) is 2. The predicted molar refractivity (Wildman–Crippen MR) is 89.3 cm³/mol. The highest BCUT2D eigenvalue weighted by atomic mass is 35.5. The summed E-state index contributed by atoms with van der Waals surface area (Å²) in [6.45, 7) is 6.15. The summed E-state index contributed by atoms with van der Waals surface area (Å²) in [7, 11) is 0. The lowest BCUT2D eigenvalue weighted by Crippen LogP contribution is -2.44. The van der Waals surface area contributed by atoms with Crippen molar-refractivity contribution < 1.29 is 4.79 Å². The van der Waals surface area contributed by atoms with Crippen LogP contribution in [0.15, 0.2) is 24.3 Å². The third-order valence-electron chi connectivity index (χ3n) is 3.44. The second-order valence-electron chi connectivity index (χ2n) is 5.10. The number of carbonyl (C=O) groups excluding carboxylic acids is 1. The van der Waals surface area contributed by atoms with Crippen molar-refractivity contribution >= 4 is 29.9 Å². The molecular weight excluding hydrogens is 309 g/mol. The first-order valence-electron chi connectivity index (χ1n) is 7.18. The smallest absolute Gasteiger partial charge is 0.224 e. The summed E-state index contributed by atoms with van der Waals surface area (Å²) in [6.07, 6.45) is 1.40. The van der Waals surface area contributed by atoms with Crippen LogP contribution in [0.5, 0.6) is 0 Å². The van der Waals surface area contributed by atoms with Gasteiger partial charge in [-0.15, -0.1) is 12.4 Å². The molecule has 1 aromatic carbocycles. The molecule has 1 saturated heterocycles. The average molecular weight is 332 g/mol. The maximum atomic E-state index is 11.8. The lowest BCUT2D eigenvalue weighted by molar-refractivity contribution is -0.120. The number of amides is 1. The van der Waals surface area contributed by atoms with E-state index in [2.05, 4.69) is 15.5 Å². The van der Waals surface area contributed by atoms with Gasteiger partial charge in [0, 0.05) is 37.7 Å². The van der Waals surface area contributed by atoms with E-state index in [1.807, 2.05) is 24.3 Å². The number of nitrogens with zero attached hydrogens (tertiary/aromatic N) is 1. The number of benzene rings is 1. The molecule has 1 fully saturated rings. The van der Waals surface area contributed by atoms with Crippen LogP contribution in [-0.2, 0) is 11.2 Å². The highest BCUT2D eigenvalue weighted by Crippen LogP contribution is 2.10. The molecule has 1 amide bonds. The molecule has 4 nitrogen and oxygen atoms in total. The van der Waals surface area contributed by atoms with Gasteiger partial charge in [0.1, 0.15) is 0 Å². The fourth-order valence-corrected chi connectivity index (χ4v) is 2.57. The summed E-state index contributed by atoms with van der Waals surface area (Å²) < 4.78 is 0. The standard InChI is InChI=1S/C15H22ClN3O.ClH/c16-14-4-1-3-13(11-14)12-15(20)18-5-2-8-19-9-6-17-7-10-19;/h1,3-4,11,17H,2,5-10,12H2,(H,18,20);1H. The van der Waals surface area contributed by atoms with Crippen molar-refractivity contribution in [3.63, 3.8) is 0 Å². The van der Waals surface area contributed by atoms with Crippen LogP contribution < -0.4 is 10.6 Å². The van der Waals surface area contributed by atoms with E-state index in [1.54, 1.807) is 0 Å². The Morgan fingerprint density at radius 1 is 1.33 bits per heavy atom. The Labute approximate surface area is 137 Å². The van der Waals surface area contributed by atoms with E-state index < -0.39 is 0 Å². The van der Waals surface area contributed by atoms with E-state index in [-0.39, 0.29) is 18.3 Å². The SMILES string of the molecule is Cl.O=C(Cc1cccc(Cl)c1)NCCCN1CCNCC1. The van der Waals surface area contributed by atoms with Crippen molar-refractivity contribution in [3.05, 3.63) is 34.9 Å². The largest absolute Gasteiger partial charge is 0.356 e. The van der Waals surface area contributed by atoms with Gasteiger partial charge in [0.25, 0.3) is 0 Å². The Bertz CT molecular complexity index is 437. The Kier molecular flexibility index (Phi) is 8.69. The van der Waals surface area contributed by atoms with Crippen molar-refractivity contribution in [2.24, 2.45) is 0 Å². The minimum absolute atomic E-state index is 0. The molecule has 0 bridgehead atoms. The van der Waals surface area contributed by atoms with Crippen molar-refractivity contribution in [2.75, 3.05) is 39.3 Å². The zero-order valence-electron chi connectivity index (χ0n) is 12.1. The molecule has 21 heavy (non-hydrogen) atoms. The first-order chi connectivity index (χ1) is 9.74. The molecule has 1 heterocycles. The lowest BCUT2D eigenvalue weighted by atomic mass is 10.1. The molecule has 0 unspecified atom stereocenters. The number of nitrogens with one attached hydrogen (secondary N) is 2. The van der Waals surface area contributed by atoms with Crippen LogP contribution in [0.4, 0.5) is 0 Å². The van der Waals surface area contributed by atoms with Gasteiger partial charge in [0.2, 0.25) is 5.91 Å². The number of piperazine rings is 1. The molecule has 2 N–H and O–H groups in total. The summed E-state index contributed by atoms with van der Waals surface area (Å²) >= 11 is 5.90. The fraction of sp³-hybridized carbons (Fsp3) is 0.533. The molecule has 0 radical (unpaired) electrons. The van der Waals surface area contributed by atoms with E-state index in [9.17, 15) is 4.79 Å². The number of rotatable bonds is 6. The van der Waals surface area contributed by atoms with Gasteiger partial charge in [-0.25, -0.2) is 0 Å². The Hall–Kier alpha value is -0.810. The maximum absolute atomic E-state index is 11.8. The fourth-order valence-electron chi connectivity index (χ4n) is 2.36. The van der Waals surface area contributed by atoms with E-state index in [4.69, 9.17) is 11.6 Å². The zero-order chi connectivity index (χ0) is 14.2. The third-order valence-corrected chi connectivity index (χ3v) is 3.67. The quantitative estimate of drug-likeness (QED) is 0.780. The van der Waals surface area contributed by atoms with Crippen LogP contribution >= 0.6 is 24.0 Å². The average Bonchev–Trinajstić information content (AvgIpc) is 2.45. The maximum Gasteiger partial charge on any atom is 0.224 e. The second-order valence-corrected chi connectivity index (χ2v) is 5.54. The molecule has 1 aliphatic rings. The van der Waals surface area contributed by atoms with Crippen LogP contribution in [0, 0.1) is 0 Å². The predicted octanol–water partition coefficient (Wildman–Crippen LogP) is 1.72. The lowest BCUT2D eigenvalue weighted by Gasteiger charge is -2.27. The highest BCUT2D eigenvalue weighted by Gasteiger charge is 2.09. The summed E-state index contributed by atoms with van der Waals surface area (Å²) in [6, 6.07) is 7.44. The summed E-state index contributed by atoms with van der Waals surface area (Å²) in [4.78, 5) is 14.2. The molecule has 118 valence electrons. The molecule has 0 aliphatic carbocycles. The molecule has 0 spiro atoms. The summed E-state index contributed by atoms with van der Waals surface area (Å²) in [5.41, 5.74) is 0.956. The Morgan fingerprint density at radius 2 is 2.10 bits per heavy atom. The molecule has 2 rings (SSSR count). The van der Waals surface area contributed by atoms with Crippen LogP contribution in [0.3, 0.4) is 0 Å². The van der Waals surface area contributed by atoms with E-state index in [0.717, 1.165) is 51.3 Å². The molecule has 0 aromatic heterocycles. The zero-order valence-corrected chi connectivity index (χ0v) is 13.7. The van der Waals surface area contributed by atoms with E-state index in [1.165, 1.54) is 0 Å². The van der Waals surface area contributed by atoms with Crippen LogP contribution in [0.1, 0.15) is 12.0 Å². The van der Waals surface area contributed by atoms with Crippen molar-refractivity contribution in [1.29, 1.82) is 0 Å². The molecular formula is C15H23Cl2N3O. The van der Waals surface area contributed by atoms with Gasteiger partial charge in [-0.3, -0.25) is 4.79 Å². The Morgan fingerprint density at radius 3 is 2.81 bits per heavy atom. The molecule has 0 atom stereocenters. The van der Waals surface area contributed by atoms with Crippen molar-refractivity contribution in [3.8, 4) is 0 Å². The molecule has 1 aromatic rings. The molecule has 0 saturated carbocycles. The number of halogens is 2. The first kappa shape index (κ1) is 18.2. The third kappa shape index (κ3) is 7.14. The van der Waals surface area contributed by atoms with Gasteiger partial charge in [-0.05, 0) is 30.7 Å². The van der Waals surface area contributed by atoms with Gasteiger partial charge in [0.05, 0.1) is 6.42 Å². The van der Waals surface area contributed by atoms with Gasteiger partial charge >= 0.3 is 0 Å². The summed E-state index contributed by atoms with van der Waals surface area (Å²) in [5.74, 6) is 0.0626. The monoisotopic (exact) mass is 331 g/mol. The highest BCUT2D eigenvalue weighted by molar-refractivity contribution is 6.30. The normalized spacial score (nSPS) is 15.3. The number of carbonyl (C=O) groups is 1. The minimum atomic E-state index is 0. The molecule has 6 heteroatoms. The molecule has 1 aliphatic heterocycles. The second kappa shape index (κ2) is 10.0. The van der Waals surface area contributed by atoms with Crippen LogP contribution in [-0.4, -0.2) is 50.1 Å². The van der Waals surface area contributed by atoms with Crippen LogP contribution in [0.25, 0.3) is 0 Å². The van der Waals surface area contributed by atoms with E-state index in [0.29, 0.717) is 11.4 Å².